The Bertz CT molecular complexity index is 653. The van der Waals surface area contributed by atoms with Crippen molar-refractivity contribution in [3.8, 4) is 11.5 Å². The highest BCUT2D eigenvalue weighted by molar-refractivity contribution is 14.0. The third-order valence-corrected chi connectivity index (χ3v) is 4.21. The molecule has 8 heteroatoms. The molecule has 1 amide bonds. The van der Waals surface area contributed by atoms with Gasteiger partial charge in [0.25, 0.3) is 0 Å². The Morgan fingerprint density at radius 3 is 2.17 bits per heavy atom. The van der Waals surface area contributed by atoms with Gasteiger partial charge in [-0.2, -0.15) is 0 Å². The molecule has 7 nitrogen and oxygen atoms in total. The average molecular weight is 534 g/mol. The number of nitrogens with one attached hydrogen (secondary N) is 3. The van der Waals surface area contributed by atoms with Crippen molar-refractivity contribution in [3.05, 3.63) is 23.8 Å². The Hall–Kier alpha value is -1.71. The van der Waals surface area contributed by atoms with E-state index < -0.39 is 0 Å². The second kappa shape index (κ2) is 16.0. The van der Waals surface area contributed by atoms with Gasteiger partial charge in [0.1, 0.15) is 0 Å². The second-order valence-electron chi connectivity index (χ2n) is 7.21. The van der Waals surface area contributed by atoms with Gasteiger partial charge in [-0.3, -0.25) is 9.79 Å². The van der Waals surface area contributed by atoms with Crippen LogP contribution >= 0.6 is 24.0 Å². The molecular weight excluding hydrogens is 495 g/mol. The zero-order valence-corrected chi connectivity index (χ0v) is 21.5. The molecule has 0 spiro atoms. The Morgan fingerprint density at radius 2 is 1.60 bits per heavy atom. The number of amides is 1. The van der Waals surface area contributed by atoms with Gasteiger partial charge in [-0.05, 0) is 37.5 Å². The van der Waals surface area contributed by atoms with Crippen LogP contribution in [0.4, 0.5) is 0 Å². The van der Waals surface area contributed by atoms with Gasteiger partial charge in [-0.1, -0.05) is 33.8 Å². The fraction of sp³-hybridized carbons (Fsp3) is 0.636. The van der Waals surface area contributed by atoms with Crippen LogP contribution in [-0.4, -0.2) is 45.2 Å². The monoisotopic (exact) mass is 534 g/mol. The summed E-state index contributed by atoms with van der Waals surface area (Å²) in [6, 6.07) is 6.05. The molecule has 0 radical (unpaired) electrons. The van der Waals surface area contributed by atoms with Crippen LogP contribution in [0, 0.1) is 5.92 Å². The van der Waals surface area contributed by atoms with Crippen molar-refractivity contribution in [2.75, 3.05) is 33.4 Å². The minimum Gasteiger partial charge on any atom is -0.490 e. The molecule has 0 aliphatic rings. The van der Waals surface area contributed by atoms with E-state index in [4.69, 9.17) is 9.47 Å². The van der Waals surface area contributed by atoms with Gasteiger partial charge >= 0.3 is 0 Å². The Labute approximate surface area is 198 Å². The fourth-order valence-electron chi connectivity index (χ4n) is 2.50. The van der Waals surface area contributed by atoms with E-state index in [1.165, 1.54) is 0 Å². The van der Waals surface area contributed by atoms with Crippen molar-refractivity contribution in [3.63, 3.8) is 0 Å². The van der Waals surface area contributed by atoms with Crippen LogP contribution in [0.5, 0.6) is 11.5 Å². The quantitative estimate of drug-likeness (QED) is 0.164. The van der Waals surface area contributed by atoms with Crippen molar-refractivity contribution in [1.29, 1.82) is 0 Å². The number of rotatable bonds is 12. The van der Waals surface area contributed by atoms with E-state index >= 15 is 0 Å². The topological polar surface area (TPSA) is 84.0 Å². The molecule has 0 heterocycles. The predicted molar refractivity (Wildman–Crippen MR) is 134 cm³/mol. The number of halogens is 1. The summed E-state index contributed by atoms with van der Waals surface area (Å²) >= 11 is 0. The Kier molecular flexibility index (Phi) is 15.1. The first-order chi connectivity index (χ1) is 13.9. The zero-order valence-electron chi connectivity index (χ0n) is 19.2. The van der Waals surface area contributed by atoms with Gasteiger partial charge < -0.3 is 25.4 Å². The molecule has 0 bridgehead atoms. The lowest BCUT2D eigenvalue weighted by Crippen LogP contribution is -2.42. The number of hydrogen-bond acceptors (Lipinski definition) is 4. The third-order valence-electron chi connectivity index (χ3n) is 4.21. The third kappa shape index (κ3) is 10.4. The summed E-state index contributed by atoms with van der Waals surface area (Å²) in [5.41, 5.74) is 1.08. The van der Waals surface area contributed by atoms with Crippen LogP contribution in [0.2, 0.25) is 0 Å². The molecule has 1 unspecified atom stereocenters. The highest BCUT2D eigenvalue weighted by Gasteiger charge is 2.13. The lowest BCUT2D eigenvalue weighted by Gasteiger charge is -2.20. The molecule has 3 N–H and O–H groups in total. The first kappa shape index (κ1) is 28.3. The van der Waals surface area contributed by atoms with E-state index in [1.54, 1.807) is 7.05 Å². The van der Waals surface area contributed by atoms with Crippen LogP contribution < -0.4 is 25.4 Å². The normalized spacial score (nSPS) is 12.0. The highest BCUT2D eigenvalue weighted by atomic mass is 127. The van der Waals surface area contributed by atoms with Gasteiger partial charge in [-0.15, -0.1) is 24.0 Å². The first-order valence-corrected chi connectivity index (χ1v) is 10.6. The number of carbonyl (C=O) groups excluding carboxylic acids is 1. The summed E-state index contributed by atoms with van der Waals surface area (Å²) in [4.78, 5) is 15.9. The van der Waals surface area contributed by atoms with Crippen molar-refractivity contribution in [2.24, 2.45) is 10.9 Å². The lowest BCUT2D eigenvalue weighted by molar-refractivity contribution is -0.123. The molecule has 0 aliphatic carbocycles. The predicted octanol–water partition coefficient (Wildman–Crippen LogP) is 3.88. The maximum absolute atomic E-state index is 11.6. The smallest absolute Gasteiger partial charge is 0.222 e. The molecule has 172 valence electrons. The van der Waals surface area contributed by atoms with Gasteiger partial charge in [-0.25, -0.2) is 0 Å². The van der Waals surface area contributed by atoms with Gasteiger partial charge in [0, 0.05) is 26.1 Å². The van der Waals surface area contributed by atoms with Gasteiger partial charge in [0.2, 0.25) is 5.91 Å². The van der Waals surface area contributed by atoms with E-state index in [2.05, 4.69) is 41.7 Å². The van der Waals surface area contributed by atoms with Crippen molar-refractivity contribution >= 4 is 35.8 Å². The maximum atomic E-state index is 11.6. The molecule has 0 saturated carbocycles. The standard InChI is InChI=1S/C22H38N4O3.HI/c1-7-13-28-19-10-9-18(15-20(19)29-14-8-2)17(5)26-22(23-6)25-12-11-24-21(27)16(3)4;/h9-10,15-17H,7-8,11-14H2,1-6H3,(H,24,27)(H2,23,25,26);1H. The number of ether oxygens (including phenoxy) is 2. The molecule has 0 aliphatic heterocycles. The SMILES string of the molecule is CCCOc1ccc(C(C)NC(=NC)NCCNC(=O)C(C)C)cc1OCCC.I. The lowest BCUT2D eigenvalue weighted by atomic mass is 10.1. The Balaban J connectivity index is 0.00000841. The summed E-state index contributed by atoms with van der Waals surface area (Å²) in [7, 11) is 1.73. The Morgan fingerprint density at radius 1 is 1.00 bits per heavy atom. The van der Waals surface area contributed by atoms with Crippen LogP contribution in [0.25, 0.3) is 0 Å². The van der Waals surface area contributed by atoms with Gasteiger partial charge in [0.15, 0.2) is 17.5 Å². The number of guanidine groups is 1. The van der Waals surface area contributed by atoms with Crippen LogP contribution in [0.3, 0.4) is 0 Å². The number of nitrogens with zero attached hydrogens (tertiary/aromatic N) is 1. The van der Waals surface area contributed by atoms with E-state index in [-0.39, 0.29) is 41.8 Å². The van der Waals surface area contributed by atoms with Crippen LogP contribution in [0.1, 0.15) is 59.1 Å². The molecule has 0 aromatic heterocycles. The molecule has 1 atom stereocenters. The molecule has 0 fully saturated rings. The number of carbonyl (C=O) groups is 1. The molecular formula is C22H39IN4O3. The molecule has 30 heavy (non-hydrogen) atoms. The fourth-order valence-corrected chi connectivity index (χ4v) is 2.50. The number of hydrogen-bond donors (Lipinski definition) is 3. The number of benzene rings is 1. The van der Waals surface area contributed by atoms with E-state index in [9.17, 15) is 4.79 Å². The van der Waals surface area contributed by atoms with E-state index in [0.29, 0.717) is 32.3 Å². The van der Waals surface area contributed by atoms with Crippen LogP contribution in [0.15, 0.2) is 23.2 Å². The van der Waals surface area contributed by atoms with E-state index in [1.807, 2.05) is 32.0 Å². The minimum absolute atomic E-state index is 0. The van der Waals surface area contributed by atoms with E-state index in [0.717, 1.165) is 29.9 Å². The van der Waals surface area contributed by atoms with Crippen molar-refractivity contribution in [2.45, 2.75) is 53.5 Å². The summed E-state index contributed by atoms with van der Waals surface area (Å²) in [5.74, 6) is 2.26. The average Bonchev–Trinajstić information content (AvgIpc) is 2.72. The molecule has 1 rings (SSSR count). The van der Waals surface area contributed by atoms with Crippen molar-refractivity contribution < 1.29 is 14.3 Å². The zero-order chi connectivity index (χ0) is 21.6. The largest absolute Gasteiger partial charge is 0.490 e. The van der Waals surface area contributed by atoms with Crippen LogP contribution in [-0.2, 0) is 4.79 Å². The molecule has 0 saturated heterocycles. The minimum atomic E-state index is -0.0131. The first-order valence-electron chi connectivity index (χ1n) is 10.6. The van der Waals surface area contributed by atoms with Gasteiger partial charge in [0.05, 0.1) is 19.3 Å². The van der Waals surface area contributed by atoms with Crippen molar-refractivity contribution in [1.82, 2.24) is 16.0 Å². The number of aliphatic imine (C=N–C) groups is 1. The highest BCUT2D eigenvalue weighted by Crippen LogP contribution is 2.31. The molecule has 1 aromatic carbocycles. The summed E-state index contributed by atoms with van der Waals surface area (Å²) in [6.07, 6.45) is 1.89. The second-order valence-corrected chi connectivity index (χ2v) is 7.21. The summed E-state index contributed by atoms with van der Waals surface area (Å²) < 4.78 is 11.7. The molecule has 1 aromatic rings. The maximum Gasteiger partial charge on any atom is 0.222 e. The summed E-state index contributed by atoms with van der Waals surface area (Å²) in [6.45, 7) is 12.4. The summed E-state index contributed by atoms with van der Waals surface area (Å²) in [5, 5.41) is 9.47.